The van der Waals surface area contributed by atoms with Crippen molar-refractivity contribution in [3.8, 4) is 0 Å². The number of fused-ring (bicyclic) bond motifs is 3. The largest absolute Gasteiger partial charge is 0.465 e. The topological polar surface area (TPSA) is 57.5 Å². The van der Waals surface area contributed by atoms with E-state index in [-0.39, 0.29) is 11.9 Å². The van der Waals surface area contributed by atoms with Crippen molar-refractivity contribution in [2.75, 3.05) is 14.2 Å². The third kappa shape index (κ3) is 1.74. The van der Waals surface area contributed by atoms with E-state index in [9.17, 15) is 9.59 Å². The highest BCUT2D eigenvalue weighted by molar-refractivity contribution is 7.23. The second-order valence-corrected chi connectivity index (χ2v) is 6.26. The summed E-state index contributed by atoms with van der Waals surface area (Å²) in [6, 6.07) is 3.61. The molecule has 0 N–H and O–H groups in total. The fraction of sp³-hybridized carbons (Fsp3) is 0.231. The highest BCUT2D eigenvalue weighted by Crippen LogP contribution is 2.39. The van der Waals surface area contributed by atoms with Gasteiger partial charge in [-0.15, -0.1) is 22.7 Å². The van der Waals surface area contributed by atoms with Crippen LogP contribution in [0.25, 0.3) is 20.4 Å². The first-order chi connectivity index (χ1) is 9.56. The molecule has 0 radical (unpaired) electrons. The summed E-state index contributed by atoms with van der Waals surface area (Å²) >= 11 is 2.77. The van der Waals surface area contributed by atoms with E-state index in [0.29, 0.717) is 9.75 Å². The maximum Gasteiger partial charge on any atom is 0.348 e. The van der Waals surface area contributed by atoms with Gasteiger partial charge < -0.3 is 14.0 Å². The molecule has 0 fully saturated rings. The number of carbonyl (C=O) groups excluding carboxylic acids is 2. The number of hydrogen-bond acceptors (Lipinski definition) is 6. The number of methoxy groups -OCH3 is 2. The molecule has 0 saturated heterocycles. The summed E-state index contributed by atoms with van der Waals surface area (Å²) in [5, 5.41) is 1.92. The standard InChI is InChI=1S/C13H11NO4S2/c1-14-10-6(4-8(19-10)12(15)17-2)7-5-9(13(16)18-3)20-11(7)14/h4-5H,1-3H3. The average molecular weight is 309 g/mol. The van der Waals surface area contributed by atoms with E-state index < -0.39 is 0 Å². The van der Waals surface area contributed by atoms with Gasteiger partial charge in [0.1, 0.15) is 19.4 Å². The van der Waals surface area contributed by atoms with Crippen LogP contribution in [0.1, 0.15) is 19.3 Å². The van der Waals surface area contributed by atoms with Crippen LogP contribution in [0.5, 0.6) is 0 Å². The molecule has 5 nitrogen and oxygen atoms in total. The summed E-state index contributed by atoms with van der Waals surface area (Å²) in [6.45, 7) is 0. The van der Waals surface area contributed by atoms with E-state index in [4.69, 9.17) is 9.47 Å². The van der Waals surface area contributed by atoms with Gasteiger partial charge in [-0.25, -0.2) is 9.59 Å². The van der Waals surface area contributed by atoms with E-state index in [1.807, 2.05) is 23.7 Å². The number of rotatable bonds is 2. The Balaban J connectivity index is 2.24. The summed E-state index contributed by atoms with van der Waals surface area (Å²) in [7, 11) is 4.64. The first-order valence-corrected chi connectivity index (χ1v) is 7.38. The first-order valence-electron chi connectivity index (χ1n) is 5.75. The normalized spacial score (nSPS) is 11.2. The lowest BCUT2D eigenvalue weighted by Gasteiger charge is -1.94. The first kappa shape index (κ1) is 13.1. The fourth-order valence-electron chi connectivity index (χ4n) is 2.14. The number of esters is 2. The van der Waals surface area contributed by atoms with Gasteiger partial charge >= 0.3 is 11.9 Å². The minimum absolute atomic E-state index is 0.345. The average Bonchev–Trinajstić information content (AvgIpc) is 3.12. The molecule has 0 bridgehead atoms. The molecule has 0 unspecified atom stereocenters. The molecule has 0 saturated carbocycles. The molecule has 7 heteroatoms. The number of aromatic nitrogens is 1. The minimum Gasteiger partial charge on any atom is -0.465 e. The lowest BCUT2D eigenvalue weighted by Crippen LogP contribution is -1.96. The Kier molecular flexibility index (Phi) is 3.02. The zero-order valence-corrected chi connectivity index (χ0v) is 12.7. The van der Waals surface area contributed by atoms with Gasteiger partial charge in [0.2, 0.25) is 0 Å². The molecule has 104 valence electrons. The van der Waals surface area contributed by atoms with Crippen molar-refractivity contribution in [1.82, 2.24) is 4.57 Å². The molecule has 0 aromatic carbocycles. The van der Waals surface area contributed by atoms with Crippen molar-refractivity contribution in [3.05, 3.63) is 21.9 Å². The molecule has 20 heavy (non-hydrogen) atoms. The van der Waals surface area contributed by atoms with Gasteiger partial charge in [-0.2, -0.15) is 0 Å². The van der Waals surface area contributed by atoms with E-state index in [2.05, 4.69) is 0 Å². The van der Waals surface area contributed by atoms with Gasteiger partial charge in [0.25, 0.3) is 0 Å². The van der Waals surface area contributed by atoms with Crippen LogP contribution < -0.4 is 0 Å². The van der Waals surface area contributed by atoms with Crippen molar-refractivity contribution < 1.29 is 19.1 Å². The number of thiophene rings is 2. The number of ether oxygens (including phenoxy) is 2. The minimum atomic E-state index is -0.345. The van der Waals surface area contributed by atoms with E-state index in [0.717, 1.165) is 20.4 Å². The number of hydrogen-bond donors (Lipinski definition) is 0. The van der Waals surface area contributed by atoms with Crippen LogP contribution in [0, 0.1) is 0 Å². The molecular weight excluding hydrogens is 298 g/mol. The Hall–Kier alpha value is -1.86. The molecular formula is C13H11NO4S2. The van der Waals surface area contributed by atoms with Crippen LogP contribution in [0.4, 0.5) is 0 Å². The van der Waals surface area contributed by atoms with Gasteiger partial charge in [0.05, 0.1) is 14.2 Å². The molecule has 0 aliphatic rings. The SMILES string of the molecule is COC(=O)c1cc2c3cc(C(=O)OC)sc3n(C)c2s1. The summed E-state index contributed by atoms with van der Waals surface area (Å²) in [6.07, 6.45) is 0. The van der Waals surface area contributed by atoms with Crippen molar-refractivity contribution in [1.29, 1.82) is 0 Å². The van der Waals surface area contributed by atoms with Crippen molar-refractivity contribution >= 4 is 55.0 Å². The Morgan fingerprint density at radius 1 is 0.950 bits per heavy atom. The number of aryl methyl sites for hydroxylation is 1. The van der Waals surface area contributed by atoms with Crippen LogP contribution in [-0.4, -0.2) is 30.7 Å². The third-order valence-corrected chi connectivity index (χ3v) is 5.48. The Bertz CT molecular complexity index is 772. The molecule has 3 rings (SSSR count). The third-order valence-electron chi connectivity index (χ3n) is 3.10. The lowest BCUT2D eigenvalue weighted by atomic mass is 10.2. The quantitative estimate of drug-likeness (QED) is 0.683. The van der Waals surface area contributed by atoms with Crippen molar-refractivity contribution in [3.63, 3.8) is 0 Å². The van der Waals surface area contributed by atoms with Crippen LogP contribution >= 0.6 is 22.7 Å². The van der Waals surface area contributed by atoms with Gasteiger partial charge in [-0.1, -0.05) is 0 Å². The van der Waals surface area contributed by atoms with Crippen LogP contribution in [0.15, 0.2) is 12.1 Å². The van der Waals surface area contributed by atoms with Gasteiger partial charge in [0.15, 0.2) is 0 Å². The molecule has 0 aliphatic heterocycles. The Labute approximate surface area is 122 Å². The fourth-order valence-corrected chi connectivity index (χ4v) is 4.32. The van der Waals surface area contributed by atoms with Gasteiger partial charge in [-0.3, -0.25) is 0 Å². The molecule has 0 aliphatic carbocycles. The molecule has 0 atom stereocenters. The predicted octanol–water partition coefficient (Wildman–Crippen LogP) is 3.03. The second kappa shape index (κ2) is 4.60. The summed E-state index contributed by atoms with van der Waals surface area (Å²) < 4.78 is 11.5. The number of carbonyl (C=O) groups is 2. The zero-order valence-electron chi connectivity index (χ0n) is 11.1. The monoisotopic (exact) mass is 309 g/mol. The van der Waals surface area contributed by atoms with E-state index >= 15 is 0 Å². The highest BCUT2D eigenvalue weighted by atomic mass is 32.1. The number of nitrogens with zero attached hydrogens (tertiary/aromatic N) is 1. The Morgan fingerprint density at radius 3 is 1.70 bits per heavy atom. The molecule has 0 spiro atoms. The highest BCUT2D eigenvalue weighted by Gasteiger charge is 2.20. The molecule has 3 aromatic heterocycles. The summed E-state index contributed by atoms with van der Waals surface area (Å²) in [5.41, 5.74) is 0. The van der Waals surface area contributed by atoms with Gasteiger partial charge in [0, 0.05) is 17.8 Å². The lowest BCUT2D eigenvalue weighted by molar-refractivity contribution is 0.0597. The zero-order chi connectivity index (χ0) is 14.4. The van der Waals surface area contributed by atoms with Crippen molar-refractivity contribution in [2.24, 2.45) is 7.05 Å². The maximum atomic E-state index is 11.6. The molecule has 0 amide bonds. The van der Waals surface area contributed by atoms with Crippen LogP contribution in [-0.2, 0) is 16.5 Å². The van der Waals surface area contributed by atoms with E-state index in [1.165, 1.54) is 36.9 Å². The summed E-state index contributed by atoms with van der Waals surface area (Å²) in [4.78, 5) is 26.3. The maximum absolute atomic E-state index is 11.6. The second-order valence-electron chi connectivity index (χ2n) is 4.20. The van der Waals surface area contributed by atoms with E-state index in [1.54, 1.807) is 0 Å². The van der Waals surface area contributed by atoms with Crippen molar-refractivity contribution in [2.45, 2.75) is 0 Å². The predicted molar refractivity (Wildman–Crippen MR) is 78.9 cm³/mol. The van der Waals surface area contributed by atoms with Crippen LogP contribution in [0.2, 0.25) is 0 Å². The summed E-state index contributed by atoms with van der Waals surface area (Å²) in [5.74, 6) is -0.689. The smallest absolute Gasteiger partial charge is 0.348 e. The molecule has 3 aromatic rings. The van der Waals surface area contributed by atoms with Gasteiger partial charge in [-0.05, 0) is 12.1 Å². The van der Waals surface area contributed by atoms with Crippen LogP contribution in [0.3, 0.4) is 0 Å². The molecule has 3 heterocycles. The Morgan fingerprint density at radius 2 is 1.35 bits per heavy atom.